The fourth-order valence-corrected chi connectivity index (χ4v) is 2.09. The summed E-state index contributed by atoms with van der Waals surface area (Å²) in [5, 5.41) is 12.4. The van der Waals surface area contributed by atoms with E-state index in [1.54, 1.807) is 12.1 Å². The van der Waals surface area contributed by atoms with E-state index in [1.165, 1.54) is 5.56 Å². The Morgan fingerprint density at radius 3 is 2.61 bits per heavy atom. The van der Waals surface area contributed by atoms with Crippen LogP contribution in [-0.2, 0) is 6.42 Å². The van der Waals surface area contributed by atoms with E-state index in [0.717, 1.165) is 29.2 Å². The Balaban J connectivity index is 1.90. The van der Waals surface area contributed by atoms with Crippen molar-refractivity contribution in [2.45, 2.75) is 13.3 Å². The number of phenols is 1. The van der Waals surface area contributed by atoms with Crippen molar-refractivity contribution in [2.24, 2.45) is 0 Å². The van der Waals surface area contributed by atoms with E-state index < -0.39 is 0 Å². The second-order valence-electron chi connectivity index (χ2n) is 3.97. The zero-order valence-electron chi connectivity index (χ0n) is 10.0. The van der Waals surface area contributed by atoms with Crippen LogP contribution >= 0.6 is 15.9 Å². The third-order valence-electron chi connectivity index (χ3n) is 2.46. The first-order valence-corrected chi connectivity index (χ1v) is 6.46. The molecule has 2 rings (SSSR count). The Kier molecular flexibility index (Phi) is 4.15. The third kappa shape index (κ3) is 3.70. The number of hydrogen-bond acceptors (Lipinski definition) is 4. The summed E-state index contributed by atoms with van der Waals surface area (Å²) in [5.41, 5.74) is 1.17. The molecule has 1 aromatic carbocycles. The molecule has 1 aromatic heterocycles. The van der Waals surface area contributed by atoms with Gasteiger partial charge in [0.1, 0.15) is 22.0 Å². The number of aromatic hydroxyl groups is 1. The average Bonchev–Trinajstić information content (AvgIpc) is 2.30. The lowest BCUT2D eigenvalue weighted by Crippen LogP contribution is -2.07. The molecule has 0 fully saturated rings. The second kappa shape index (κ2) is 5.82. The summed E-state index contributed by atoms with van der Waals surface area (Å²) >= 11 is 3.34. The van der Waals surface area contributed by atoms with Crippen molar-refractivity contribution in [3.05, 3.63) is 46.3 Å². The van der Waals surface area contributed by atoms with Crippen molar-refractivity contribution in [1.29, 1.82) is 0 Å². The lowest BCUT2D eigenvalue weighted by Gasteiger charge is -2.06. The summed E-state index contributed by atoms with van der Waals surface area (Å²) < 4.78 is 0.780. The summed E-state index contributed by atoms with van der Waals surface area (Å²) in [6.07, 6.45) is 0.876. The monoisotopic (exact) mass is 307 g/mol. The molecule has 18 heavy (non-hydrogen) atoms. The smallest absolute Gasteiger partial charge is 0.130 e. The molecule has 0 atom stereocenters. The van der Waals surface area contributed by atoms with Gasteiger partial charge in [0, 0.05) is 12.6 Å². The molecule has 0 aliphatic heterocycles. The van der Waals surface area contributed by atoms with Gasteiger partial charge in [0.05, 0.1) is 0 Å². The van der Waals surface area contributed by atoms with Crippen LogP contribution in [0.15, 0.2) is 34.9 Å². The van der Waals surface area contributed by atoms with Crippen LogP contribution < -0.4 is 5.32 Å². The van der Waals surface area contributed by atoms with Gasteiger partial charge in [0.2, 0.25) is 0 Å². The molecule has 1 heterocycles. The molecule has 0 saturated carbocycles. The van der Waals surface area contributed by atoms with Gasteiger partial charge in [0.15, 0.2) is 0 Å². The zero-order valence-corrected chi connectivity index (χ0v) is 11.6. The van der Waals surface area contributed by atoms with Crippen molar-refractivity contribution in [3.8, 4) is 5.75 Å². The maximum atomic E-state index is 9.18. The molecule has 0 aliphatic rings. The molecule has 0 saturated heterocycles. The number of nitrogens with zero attached hydrogens (tertiary/aromatic N) is 2. The average molecular weight is 308 g/mol. The van der Waals surface area contributed by atoms with Crippen LogP contribution in [-0.4, -0.2) is 21.6 Å². The van der Waals surface area contributed by atoms with Gasteiger partial charge in [-0.1, -0.05) is 12.1 Å². The lowest BCUT2D eigenvalue weighted by molar-refractivity contribution is 0.475. The molecule has 0 spiro atoms. The van der Waals surface area contributed by atoms with E-state index in [1.807, 2.05) is 25.1 Å². The first-order valence-electron chi connectivity index (χ1n) is 5.66. The van der Waals surface area contributed by atoms with Gasteiger partial charge in [-0.15, -0.1) is 0 Å². The molecule has 2 N–H and O–H groups in total. The maximum absolute atomic E-state index is 9.18. The van der Waals surface area contributed by atoms with Gasteiger partial charge < -0.3 is 10.4 Å². The number of aromatic nitrogens is 2. The Bertz CT molecular complexity index is 508. The van der Waals surface area contributed by atoms with Crippen LogP contribution in [0.4, 0.5) is 5.82 Å². The minimum absolute atomic E-state index is 0.294. The molecule has 5 heteroatoms. The minimum atomic E-state index is 0.294. The number of anilines is 1. The summed E-state index contributed by atoms with van der Waals surface area (Å²) in [7, 11) is 0. The Hall–Kier alpha value is -1.62. The normalized spacial score (nSPS) is 10.3. The quantitative estimate of drug-likeness (QED) is 0.853. The number of benzene rings is 1. The molecular formula is C13H14BrN3O. The summed E-state index contributed by atoms with van der Waals surface area (Å²) in [4.78, 5) is 8.44. The van der Waals surface area contributed by atoms with E-state index in [0.29, 0.717) is 5.75 Å². The van der Waals surface area contributed by atoms with Crippen LogP contribution in [0.1, 0.15) is 11.4 Å². The predicted octanol–water partition coefficient (Wildman–Crippen LogP) is 2.91. The zero-order chi connectivity index (χ0) is 13.0. The highest BCUT2D eigenvalue weighted by atomic mass is 79.9. The number of aryl methyl sites for hydroxylation is 1. The molecule has 94 valence electrons. The van der Waals surface area contributed by atoms with Crippen molar-refractivity contribution in [2.75, 3.05) is 11.9 Å². The summed E-state index contributed by atoms with van der Waals surface area (Å²) in [6, 6.07) is 9.07. The molecular weight excluding hydrogens is 294 g/mol. The van der Waals surface area contributed by atoms with Crippen molar-refractivity contribution < 1.29 is 5.11 Å². The van der Waals surface area contributed by atoms with E-state index in [2.05, 4.69) is 31.2 Å². The molecule has 2 aromatic rings. The number of rotatable bonds is 4. The molecule has 0 bridgehead atoms. The SMILES string of the molecule is Cc1nc(Br)cc(NCCc2ccc(O)cc2)n1. The number of hydrogen-bond donors (Lipinski definition) is 2. The fraction of sp³-hybridized carbons (Fsp3) is 0.231. The van der Waals surface area contributed by atoms with Crippen molar-refractivity contribution in [1.82, 2.24) is 9.97 Å². The molecule has 0 aliphatic carbocycles. The number of phenolic OH excluding ortho intramolecular Hbond substituents is 1. The Morgan fingerprint density at radius 1 is 1.22 bits per heavy atom. The second-order valence-corrected chi connectivity index (χ2v) is 4.78. The van der Waals surface area contributed by atoms with Gasteiger partial charge in [-0.05, 0) is 47.0 Å². The Labute approximate surface area is 114 Å². The van der Waals surface area contributed by atoms with Crippen LogP contribution in [0.25, 0.3) is 0 Å². The maximum Gasteiger partial charge on any atom is 0.130 e. The topological polar surface area (TPSA) is 58.0 Å². The molecule has 0 radical (unpaired) electrons. The van der Waals surface area contributed by atoms with E-state index in [4.69, 9.17) is 0 Å². The molecule has 0 amide bonds. The van der Waals surface area contributed by atoms with Gasteiger partial charge in [-0.2, -0.15) is 0 Å². The molecule has 4 nitrogen and oxygen atoms in total. The van der Waals surface area contributed by atoms with E-state index in [9.17, 15) is 5.11 Å². The van der Waals surface area contributed by atoms with Gasteiger partial charge >= 0.3 is 0 Å². The third-order valence-corrected chi connectivity index (χ3v) is 2.87. The van der Waals surface area contributed by atoms with Crippen LogP contribution in [0.2, 0.25) is 0 Å². The number of halogens is 1. The van der Waals surface area contributed by atoms with E-state index in [-0.39, 0.29) is 0 Å². The highest BCUT2D eigenvalue weighted by molar-refractivity contribution is 9.10. The van der Waals surface area contributed by atoms with Crippen LogP contribution in [0, 0.1) is 6.92 Å². The lowest BCUT2D eigenvalue weighted by atomic mass is 10.1. The highest BCUT2D eigenvalue weighted by Crippen LogP contribution is 2.13. The highest BCUT2D eigenvalue weighted by Gasteiger charge is 1.99. The predicted molar refractivity (Wildman–Crippen MR) is 74.8 cm³/mol. The summed E-state index contributed by atoms with van der Waals surface area (Å²) in [5.74, 6) is 1.84. The minimum Gasteiger partial charge on any atom is -0.508 e. The van der Waals surface area contributed by atoms with Crippen LogP contribution in [0.3, 0.4) is 0 Å². The number of nitrogens with one attached hydrogen (secondary N) is 1. The largest absolute Gasteiger partial charge is 0.508 e. The summed E-state index contributed by atoms with van der Waals surface area (Å²) in [6.45, 7) is 2.64. The first-order chi connectivity index (χ1) is 8.63. The fourth-order valence-electron chi connectivity index (χ4n) is 1.62. The van der Waals surface area contributed by atoms with Gasteiger partial charge in [-0.25, -0.2) is 9.97 Å². The van der Waals surface area contributed by atoms with Crippen molar-refractivity contribution >= 4 is 21.7 Å². The van der Waals surface area contributed by atoms with Crippen LogP contribution in [0.5, 0.6) is 5.75 Å². The van der Waals surface area contributed by atoms with Crippen molar-refractivity contribution in [3.63, 3.8) is 0 Å². The molecule has 0 unspecified atom stereocenters. The standard InChI is InChI=1S/C13H14BrN3O/c1-9-16-12(14)8-13(17-9)15-7-6-10-2-4-11(18)5-3-10/h2-5,8,18H,6-7H2,1H3,(H,15,16,17). The van der Waals surface area contributed by atoms with E-state index >= 15 is 0 Å². The Morgan fingerprint density at radius 2 is 1.94 bits per heavy atom. The first kappa shape index (κ1) is 12.8. The van der Waals surface area contributed by atoms with Gasteiger partial charge in [-0.3, -0.25) is 0 Å². The van der Waals surface area contributed by atoms with Gasteiger partial charge in [0.25, 0.3) is 0 Å².